The molecule has 0 amide bonds. The second kappa shape index (κ2) is 13.7. The monoisotopic (exact) mass is 612 g/mol. The van der Waals surface area contributed by atoms with Crippen LogP contribution in [-0.4, -0.2) is 34.7 Å². The Morgan fingerprint density at radius 1 is 0.426 bits per heavy atom. The number of phenols is 2. The number of phenolic OH excluding ortho intramolecular Hbond substituents is 2. The van der Waals surface area contributed by atoms with Crippen molar-refractivity contribution in [2.75, 3.05) is 0 Å². The molecular weight excluding hydrogens is 576 g/mol. The summed E-state index contributed by atoms with van der Waals surface area (Å²) in [6.07, 6.45) is 6.46. The Morgan fingerprint density at radius 3 is 1.13 bits per heavy atom. The van der Waals surface area contributed by atoms with Gasteiger partial charge in [-0.05, 0) is 76.9 Å². The van der Waals surface area contributed by atoms with Crippen molar-refractivity contribution >= 4 is 12.4 Å². The van der Waals surface area contributed by atoms with Crippen LogP contribution in [0.2, 0.25) is 0 Å². The lowest BCUT2D eigenvalue weighted by atomic mass is 9.95. The molecule has 1 fully saturated rings. The Labute approximate surface area is 276 Å². The van der Waals surface area contributed by atoms with Gasteiger partial charge in [-0.25, -0.2) is 0 Å². The molecule has 0 saturated heterocycles. The Hall–Kier alpha value is -5.74. The predicted octanol–water partition coefficient (Wildman–Crippen LogP) is 10.2. The van der Waals surface area contributed by atoms with Crippen molar-refractivity contribution in [1.29, 1.82) is 0 Å². The fraction of sp³-hybridized carbons (Fsp3) is 0.116. The van der Waals surface area contributed by atoms with Crippen LogP contribution in [0, 0.1) is 0 Å². The summed E-state index contributed by atoms with van der Waals surface area (Å²) in [5.74, 6) is 0.433. The number of aromatic hydroxyl groups is 2. The summed E-state index contributed by atoms with van der Waals surface area (Å²) in [5, 5.41) is 22.9. The van der Waals surface area contributed by atoms with Gasteiger partial charge in [0.1, 0.15) is 11.5 Å². The quantitative estimate of drug-likeness (QED) is 0.168. The first kappa shape index (κ1) is 29.9. The molecule has 1 aliphatic rings. The molecule has 1 saturated carbocycles. The van der Waals surface area contributed by atoms with Crippen molar-refractivity contribution < 1.29 is 10.2 Å². The fourth-order valence-electron chi connectivity index (χ4n) is 6.40. The van der Waals surface area contributed by atoms with Crippen LogP contribution in [0.5, 0.6) is 11.5 Å². The summed E-state index contributed by atoms with van der Waals surface area (Å²) >= 11 is 0. The average molecular weight is 613 g/mol. The van der Waals surface area contributed by atoms with Crippen LogP contribution in [0.15, 0.2) is 156 Å². The molecule has 1 aliphatic carbocycles. The van der Waals surface area contributed by atoms with E-state index < -0.39 is 0 Å². The first-order chi connectivity index (χ1) is 23.1. The molecule has 0 radical (unpaired) electrons. The highest BCUT2D eigenvalue weighted by Crippen LogP contribution is 2.38. The van der Waals surface area contributed by atoms with Gasteiger partial charge in [0.2, 0.25) is 0 Å². The van der Waals surface area contributed by atoms with E-state index in [0.717, 1.165) is 63.8 Å². The largest absolute Gasteiger partial charge is 0.507 e. The topological polar surface area (TPSA) is 65.2 Å². The molecule has 7 rings (SSSR count). The molecule has 0 heterocycles. The van der Waals surface area contributed by atoms with E-state index in [2.05, 4.69) is 24.3 Å². The molecule has 4 heteroatoms. The summed E-state index contributed by atoms with van der Waals surface area (Å²) in [4.78, 5) is 10.0. The van der Waals surface area contributed by atoms with Gasteiger partial charge in [0, 0.05) is 34.7 Å². The van der Waals surface area contributed by atoms with Crippen LogP contribution in [0.25, 0.3) is 44.5 Å². The number of nitrogens with zero attached hydrogens (tertiary/aromatic N) is 2. The number of hydrogen-bond donors (Lipinski definition) is 2. The molecule has 0 aromatic heterocycles. The Morgan fingerprint density at radius 2 is 0.766 bits per heavy atom. The molecule has 0 aliphatic heterocycles. The summed E-state index contributed by atoms with van der Waals surface area (Å²) in [6, 6.07) is 48.4. The maximum Gasteiger partial charge on any atom is 0.132 e. The second-order valence-electron chi connectivity index (χ2n) is 12.0. The molecule has 2 N–H and O–H groups in total. The van der Waals surface area contributed by atoms with E-state index in [1.807, 2.05) is 134 Å². The third-order valence-electron chi connectivity index (χ3n) is 8.92. The lowest BCUT2D eigenvalue weighted by molar-refractivity contribution is 0.475. The van der Waals surface area contributed by atoms with Crippen molar-refractivity contribution in [2.45, 2.75) is 31.3 Å². The van der Waals surface area contributed by atoms with Gasteiger partial charge >= 0.3 is 0 Å². The van der Waals surface area contributed by atoms with Crippen molar-refractivity contribution in [1.82, 2.24) is 0 Å². The molecule has 0 bridgehead atoms. The highest BCUT2D eigenvalue weighted by molar-refractivity contribution is 5.93. The second-order valence-corrected chi connectivity index (χ2v) is 12.0. The minimum absolute atomic E-state index is 0.0285. The maximum absolute atomic E-state index is 11.4. The van der Waals surface area contributed by atoms with Gasteiger partial charge in [-0.15, -0.1) is 0 Å². The first-order valence-electron chi connectivity index (χ1n) is 16.2. The minimum Gasteiger partial charge on any atom is -0.507 e. The van der Waals surface area contributed by atoms with Crippen molar-refractivity contribution in [3.05, 3.63) is 157 Å². The third-order valence-corrected chi connectivity index (χ3v) is 8.92. The van der Waals surface area contributed by atoms with Gasteiger partial charge in [-0.3, -0.25) is 9.98 Å². The lowest BCUT2D eigenvalue weighted by Crippen LogP contribution is -2.16. The highest BCUT2D eigenvalue weighted by Gasteiger charge is 2.26. The Bertz CT molecular complexity index is 1870. The number of aliphatic imine (C=N–C) groups is 2. The standard InChI is InChI=1S/C43H36N2O2/c46-42-36(24-34(30-14-5-1-6-15-30)26-38(42)32-18-9-3-10-19-32)28-44-40-22-13-23-41(40)45-29-37-25-35(31-16-7-2-8-17-31)27-39(43(37)47)33-20-11-4-12-21-33/h1-12,14-21,24-29,40-41,46-47H,13,22-23H2. The van der Waals surface area contributed by atoms with Crippen molar-refractivity contribution in [2.24, 2.45) is 9.98 Å². The van der Waals surface area contributed by atoms with Crippen LogP contribution in [0.4, 0.5) is 0 Å². The van der Waals surface area contributed by atoms with E-state index in [-0.39, 0.29) is 23.6 Å². The SMILES string of the molecule is Oc1c(C=NC2CCCC2N=Cc2cc(-c3ccccc3)cc(-c3ccccc3)c2O)cc(-c2ccccc2)cc1-c1ccccc1. The molecule has 0 spiro atoms. The van der Waals surface area contributed by atoms with Gasteiger partial charge in [-0.2, -0.15) is 0 Å². The van der Waals surface area contributed by atoms with Gasteiger partial charge < -0.3 is 10.2 Å². The van der Waals surface area contributed by atoms with Crippen LogP contribution in [0.1, 0.15) is 30.4 Å². The third kappa shape index (κ3) is 6.63. The van der Waals surface area contributed by atoms with Crippen LogP contribution in [0.3, 0.4) is 0 Å². The van der Waals surface area contributed by atoms with Gasteiger partial charge in [-0.1, -0.05) is 121 Å². The number of rotatable bonds is 8. The first-order valence-corrected chi connectivity index (χ1v) is 16.2. The van der Waals surface area contributed by atoms with Crippen LogP contribution in [-0.2, 0) is 0 Å². The average Bonchev–Trinajstić information content (AvgIpc) is 3.59. The molecule has 6 aromatic rings. The summed E-state index contributed by atoms with van der Waals surface area (Å²) in [5.41, 5.74) is 9.02. The smallest absolute Gasteiger partial charge is 0.132 e. The zero-order chi connectivity index (χ0) is 32.0. The van der Waals surface area contributed by atoms with E-state index in [4.69, 9.17) is 9.98 Å². The number of benzene rings is 6. The minimum atomic E-state index is -0.0285. The molecule has 47 heavy (non-hydrogen) atoms. The summed E-state index contributed by atoms with van der Waals surface area (Å²) in [6.45, 7) is 0. The van der Waals surface area contributed by atoms with E-state index in [1.165, 1.54) is 0 Å². The Kier molecular flexibility index (Phi) is 8.74. The molecular formula is C43H36N2O2. The van der Waals surface area contributed by atoms with Gasteiger partial charge in [0.25, 0.3) is 0 Å². The molecule has 4 nitrogen and oxygen atoms in total. The lowest BCUT2D eigenvalue weighted by Gasteiger charge is -2.15. The van der Waals surface area contributed by atoms with E-state index in [1.54, 1.807) is 0 Å². The van der Waals surface area contributed by atoms with E-state index >= 15 is 0 Å². The van der Waals surface area contributed by atoms with E-state index in [0.29, 0.717) is 11.1 Å². The molecule has 2 atom stereocenters. The normalized spacial score (nSPS) is 16.3. The highest BCUT2D eigenvalue weighted by atomic mass is 16.3. The zero-order valence-electron chi connectivity index (χ0n) is 26.1. The molecule has 6 aromatic carbocycles. The summed E-state index contributed by atoms with van der Waals surface area (Å²) in [7, 11) is 0. The molecule has 2 unspecified atom stereocenters. The van der Waals surface area contributed by atoms with Gasteiger partial charge in [0.05, 0.1) is 12.1 Å². The summed E-state index contributed by atoms with van der Waals surface area (Å²) < 4.78 is 0. The van der Waals surface area contributed by atoms with Crippen LogP contribution >= 0.6 is 0 Å². The Balaban J connectivity index is 1.21. The zero-order valence-corrected chi connectivity index (χ0v) is 26.1. The fourth-order valence-corrected chi connectivity index (χ4v) is 6.40. The maximum atomic E-state index is 11.4. The van der Waals surface area contributed by atoms with E-state index in [9.17, 15) is 10.2 Å². The van der Waals surface area contributed by atoms with Crippen molar-refractivity contribution in [3.8, 4) is 56.0 Å². The molecule has 230 valence electrons. The van der Waals surface area contributed by atoms with Gasteiger partial charge in [0.15, 0.2) is 0 Å². The van der Waals surface area contributed by atoms with Crippen LogP contribution < -0.4 is 0 Å². The van der Waals surface area contributed by atoms with Crippen molar-refractivity contribution in [3.63, 3.8) is 0 Å². The predicted molar refractivity (Wildman–Crippen MR) is 195 cm³/mol. The number of hydrogen-bond acceptors (Lipinski definition) is 4.